The van der Waals surface area contributed by atoms with E-state index in [2.05, 4.69) is 20.3 Å². The summed E-state index contributed by atoms with van der Waals surface area (Å²) < 4.78 is 44.3. The zero-order valence-corrected chi connectivity index (χ0v) is 18.4. The second-order valence-corrected chi connectivity index (χ2v) is 8.04. The summed E-state index contributed by atoms with van der Waals surface area (Å²) in [5, 5.41) is 12.3. The van der Waals surface area contributed by atoms with Crippen LogP contribution in [0.4, 0.5) is 24.8 Å². The van der Waals surface area contributed by atoms with Gasteiger partial charge in [-0.25, -0.2) is 4.98 Å². The molecular weight excluding hydrogens is 465 g/mol. The van der Waals surface area contributed by atoms with Crippen molar-refractivity contribution in [2.24, 2.45) is 14.1 Å². The third-order valence-corrected chi connectivity index (χ3v) is 5.78. The monoisotopic (exact) mass is 482 g/mol. The van der Waals surface area contributed by atoms with Gasteiger partial charge < -0.3 is 10.3 Å². The molecule has 1 aliphatic rings. The number of hydrogen-bond donors (Lipinski definition) is 1. The fourth-order valence-corrected chi connectivity index (χ4v) is 4.22. The number of carbonyl (C=O) groups is 2. The smallest absolute Gasteiger partial charge is 0.384 e. The van der Waals surface area contributed by atoms with Crippen LogP contribution in [0, 0.1) is 0 Å². The number of aryl methyl sites for hydroxylation is 2. The van der Waals surface area contributed by atoms with E-state index in [0.29, 0.717) is 22.6 Å². The molecule has 0 saturated carbocycles. The number of carbonyl (C=O) groups excluding carboxylic acids is 2. The van der Waals surface area contributed by atoms with Gasteiger partial charge in [-0.05, 0) is 29.8 Å². The summed E-state index contributed by atoms with van der Waals surface area (Å²) in [4.78, 5) is 29.7. The lowest BCUT2D eigenvalue weighted by Gasteiger charge is -2.17. The molecule has 0 saturated heterocycles. The number of amides is 1. The molecule has 178 valence electrons. The number of benzene rings is 1. The van der Waals surface area contributed by atoms with Gasteiger partial charge in [0.2, 0.25) is 0 Å². The van der Waals surface area contributed by atoms with Crippen LogP contribution in [0.25, 0.3) is 22.6 Å². The number of fused-ring (bicyclic) bond motifs is 1. The van der Waals surface area contributed by atoms with Crippen LogP contribution in [0.2, 0.25) is 0 Å². The second-order valence-electron chi connectivity index (χ2n) is 8.04. The molecule has 0 unspecified atom stereocenters. The van der Waals surface area contributed by atoms with E-state index in [4.69, 9.17) is 5.73 Å². The van der Waals surface area contributed by atoms with Crippen LogP contribution in [0.15, 0.2) is 36.8 Å². The number of nitrogen functional groups attached to an aromatic ring is 1. The van der Waals surface area contributed by atoms with Gasteiger partial charge in [0.05, 0.1) is 29.6 Å². The molecule has 3 aromatic heterocycles. The minimum absolute atomic E-state index is 0.0518. The Morgan fingerprint density at radius 2 is 1.89 bits per heavy atom. The van der Waals surface area contributed by atoms with E-state index in [-0.39, 0.29) is 41.2 Å². The van der Waals surface area contributed by atoms with Gasteiger partial charge in [0.25, 0.3) is 5.91 Å². The Labute approximate surface area is 195 Å². The first-order chi connectivity index (χ1) is 16.6. The average molecular weight is 482 g/mol. The van der Waals surface area contributed by atoms with Crippen LogP contribution in [-0.4, -0.2) is 41.7 Å². The molecule has 1 amide bonds. The number of nitrogens with two attached hydrogens (primary N) is 1. The molecule has 35 heavy (non-hydrogen) atoms. The number of hydrogen-bond acceptors (Lipinski definition) is 7. The van der Waals surface area contributed by atoms with Crippen molar-refractivity contribution in [2.75, 3.05) is 10.6 Å². The van der Waals surface area contributed by atoms with Gasteiger partial charge in [0, 0.05) is 30.8 Å². The molecule has 10 nitrogen and oxygen atoms in total. The average Bonchev–Trinajstić information content (AvgIpc) is 3.48. The quantitative estimate of drug-likeness (QED) is 0.444. The molecule has 13 heteroatoms. The van der Waals surface area contributed by atoms with Gasteiger partial charge in [-0.1, -0.05) is 0 Å². The number of aldehydes is 1. The summed E-state index contributed by atoms with van der Waals surface area (Å²) >= 11 is 0. The maximum absolute atomic E-state index is 13.7. The van der Waals surface area contributed by atoms with Crippen LogP contribution in [0.5, 0.6) is 0 Å². The molecule has 0 bridgehead atoms. The highest BCUT2D eigenvalue weighted by atomic mass is 19.4. The molecule has 1 aromatic carbocycles. The largest absolute Gasteiger partial charge is 0.416 e. The Balaban J connectivity index is 1.62. The fraction of sp³-hybridized carbons (Fsp3) is 0.182. The Morgan fingerprint density at radius 1 is 1.11 bits per heavy atom. The molecule has 0 atom stereocenters. The fourth-order valence-electron chi connectivity index (χ4n) is 4.22. The molecular formula is C22H17F3N8O2. The van der Waals surface area contributed by atoms with Crippen LogP contribution in [-0.2, 0) is 26.8 Å². The molecule has 0 spiro atoms. The first-order valence-electron chi connectivity index (χ1n) is 10.2. The topological polar surface area (TPSA) is 125 Å². The van der Waals surface area contributed by atoms with E-state index in [1.54, 1.807) is 41.7 Å². The van der Waals surface area contributed by atoms with E-state index >= 15 is 0 Å². The predicted octanol–water partition coefficient (Wildman–Crippen LogP) is 2.85. The highest BCUT2D eigenvalue weighted by molar-refractivity contribution is 6.11. The summed E-state index contributed by atoms with van der Waals surface area (Å²) in [6.07, 6.45) is -1.33. The molecule has 1 aliphatic heterocycles. The SMILES string of the molecule is Cn1cnnc1-c1cnn(C)c1-c1cc(N)nc(N2Cc3c(cc(C=O)cc3C(F)(F)F)C2=O)c1. The normalized spacial score (nSPS) is 13.4. The summed E-state index contributed by atoms with van der Waals surface area (Å²) in [7, 11) is 3.48. The number of rotatable bonds is 4. The summed E-state index contributed by atoms with van der Waals surface area (Å²) in [6, 6.07) is 5.01. The third-order valence-electron chi connectivity index (χ3n) is 5.78. The van der Waals surface area contributed by atoms with E-state index in [1.165, 1.54) is 6.33 Å². The summed E-state index contributed by atoms with van der Waals surface area (Å²) in [6.45, 7) is -0.375. The molecule has 4 aromatic rings. The number of nitrogens with zero attached hydrogens (tertiary/aromatic N) is 7. The highest BCUT2D eigenvalue weighted by Gasteiger charge is 2.41. The Bertz CT molecular complexity index is 1510. The number of alkyl halides is 3. The van der Waals surface area contributed by atoms with Gasteiger partial charge in [-0.15, -0.1) is 10.2 Å². The summed E-state index contributed by atoms with van der Waals surface area (Å²) in [5.74, 6) is -0.0641. The van der Waals surface area contributed by atoms with Crippen molar-refractivity contribution in [3.05, 3.63) is 59.0 Å². The Kier molecular flexibility index (Phi) is 4.93. The standard InChI is InChI=1S/C22H17F3N8O2/c1-31-10-27-30-20(31)14-7-28-32(2)19(14)12-5-17(26)29-18(6-12)33-8-15-13(21(33)35)3-11(9-34)4-16(15)22(23,24)25/h3-7,9-10H,8H2,1-2H3,(H2,26,29). The Morgan fingerprint density at radius 3 is 2.54 bits per heavy atom. The van der Waals surface area contributed by atoms with Crippen LogP contribution in [0.3, 0.4) is 0 Å². The lowest BCUT2D eigenvalue weighted by molar-refractivity contribution is -0.138. The second kappa shape index (κ2) is 7.75. The molecule has 0 aliphatic carbocycles. The maximum atomic E-state index is 13.7. The van der Waals surface area contributed by atoms with Crippen molar-refractivity contribution < 1.29 is 22.8 Å². The minimum Gasteiger partial charge on any atom is -0.384 e. The van der Waals surface area contributed by atoms with Gasteiger partial charge in [0.15, 0.2) is 5.82 Å². The first kappa shape index (κ1) is 22.3. The number of halogens is 3. The van der Waals surface area contributed by atoms with Crippen molar-refractivity contribution in [3.63, 3.8) is 0 Å². The van der Waals surface area contributed by atoms with Gasteiger partial charge >= 0.3 is 6.18 Å². The molecule has 5 rings (SSSR count). The third kappa shape index (κ3) is 3.61. The predicted molar refractivity (Wildman–Crippen MR) is 118 cm³/mol. The minimum atomic E-state index is -4.74. The van der Waals surface area contributed by atoms with E-state index in [0.717, 1.165) is 17.0 Å². The lowest BCUT2D eigenvalue weighted by atomic mass is 9.99. The van der Waals surface area contributed by atoms with Crippen molar-refractivity contribution in [2.45, 2.75) is 12.7 Å². The van der Waals surface area contributed by atoms with Crippen LogP contribution in [0.1, 0.15) is 31.8 Å². The van der Waals surface area contributed by atoms with Gasteiger partial charge in [-0.2, -0.15) is 18.3 Å². The van der Waals surface area contributed by atoms with E-state index in [1.807, 2.05) is 0 Å². The van der Waals surface area contributed by atoms with Crippen molar-refractivity contribution in [1.82, 2.24) is 29.5 Å². The van der Waals surface area contributed by atoms with E-state index < -0.39 is 17.6 Å². The Hall–Kier alpha value is -4.55. The number of anilines is 2. The summed E-state index contributed by atoms with van der Waals surface area (Å²) in [5.41, 5.74) is 6.10. The van der Waals surface area contributed by atoms with Gasteiger partial charge in [0.1, 0.15) is 24.2 Å². The zero-order chi connectivity index (χ0) is 25.1. The molecule has 2 N–H and O–H groups in total. The highest BCUT2D eigenvalue weighted by Crippen LogP contribution is 2.40. The van der Waals surface area contributed by atoms with Crippen molar-refractivity contribution in [1.29, 1.82) is 0 Å². The molecule has 0 radical (unpaired) electrons. The van der Waals surface area contributed by atoms with Crippen LogP contribution < -0.4 is 10.6 Å². The zero-order valence-electron chi connectivity index (χ0n) is 18.4. The van der Waals surface area contributed by atoms with Crippen molar-refractivity contribution in [3.8, 4) is 22.6 Å². The number of aromatic nitrogens is 6. The van der Waals surface area contributed by atoms with E-state index in [9.17, 15) is 22.8 Å². The lowest BCUT2D eigenvalue weighted by Crippen LogP contribution is -2.24. The maximum Gasteiger partial charge on any atom is 0.416 e. The molecule has 4 heterocycles. The number of pyridine rings is 1. The van der Waals surface area contributed by atoms with Crippen molar-refractivity contribution >= 4 is 23.8 Å². The van der Waals surface area contributed by atoms with Gasteiger partial charge in [-0.3, -0.25) is 19.2 Å². The van der Waals surface area contributed by atoms with Crippen LogP contribution >= 0.6 is 0 Å². The molecule has 0 fully saturated rings. The first-order valence-corrected chi connectivity index (χ1v) is 10.2.